The Hall–Kier alpha value is -1.22. The summed E-state index contributed by atoms with van der Waals surface area (Å²) in [6.45, 7) is 15.0. The lowest BCUT2D eigenvalue weighted by Gasteiger charge is -2.61. The number of nitrogens with zero attached hydrogens (tertiary/aromatic N) is 1. The molecule has 8 heteroatoms. The second-order valence-corrected chi connectivity index (χ2v) is 17.6. The Balaban J connectivity index is 0.848. The van der Waals surface area contributed by atoms with Crippen molar-refractivity contribution in [3.63, 3.8) is 0 Å². The maximum Gasteiger partial charge on any atom is 0.230 e. The van der Waals surface area contributed by atoms with Crippen molar-refractivity contribution in [3.05, 3.63) is 0 Å². The molecule has 12 atom stereocenters. The van der Waals surface area contributed by atoms with E-state index in [-0.39, 0.29) is 30.1 Å². The number of fused-ring (bicyclic) bond motifs is 7. The summed E-state index contributed by atoms with van der Waals surface area (Å²) in [7, 11) is 0. The Morgan fingerprint density at radius 2 is 1.68 bits per heavy atom. The van der Waals surface area contributed by atoms with E-state index in [9.17, 15) is 9.59 Å². The van der Waals surface area contributed by atoms with Crippen LogP contribution in [0.1, 0.15) is 98.3 Å². The minimum atomic E-state index is -0.330. The summed E-state index contributed by atoms with van der Waals surface area (Å²) in [6, 6.07) is 0.196. The number of carbonyl (C=O) groups is 2. The number of nitrogens with one attached hydrogen (secondary N) is 2. The standard InChI is InChI=1S/C36H57N3O5/c1-22-7-12-36(43-16-22)23(2)32-29(44-36)14-28-26-6-5-24-13-25(8-10-33(24,3)27(26)9-11-34(28,32)4)38-31(41)15-30(40)37-21-39-17-35(18-39)19-42-20-35/h22-29,32H,5-21H2,1-4H3,(H,37,40)(H,38,41)/t22-,23+,24-,25+,26-,27+,28+,29+,32+,33+,34+,36-/m1/s1. The topological polar surface area (TPSA) is 89.1 Å². The number of ether oxygens (including phenoxy) is 3. The highest BCUT2D eigenvalue weighted by atomic mass is 16.7. The largest absolute Gasteiger partial charge is 0.380 e. The highest BCUT2D eigenvalue weighted by Crippen LogP contribution is 2.71. The van der Waals surface area contributed by atoms with Crippen LogP contribution in [0.3, 0.4) is 0 Å². The molecule has 4 saturated heterocycles. The van der Waals surface area contributed by atoms with Gasteiger partial charge in [-0.2, -0.15) is 0 Å². The highest BCUT2D eigenvalue weighted by molar-refractivity contribution is 5.96. The third-order valence-corrected chi connectivity index (χ3v) is 15.1. The zero-order chi connectivity index (χ0) is 30.5. The van der Waals surface area contributed by atoms with Crippen LogP contribution >= 0.6 is 0 Å². The predicted molar refractivity (Wildman–Crippen MR) is 166 cm³/mol. The fraction of sp³-hybridized carbons (Fsp3) is 0.944. The van der Waals surface area contributed by atoms with Gasteiger partial charge >= 0.3 is 0 Å². The van der Waals surface area contributed by atoms with E-state index < -0.39 is 0 Å². The Bertz CT molecular complexity index is 1140. The SMILES string of the molecule is C[C@@H]1CC[C@@]2(OC1)O[C@H]1C[C@H]3[C@@H]4CC[C@@H]5C[C@@H](NC(=O)CC(=O)NCN6CC7(COC7)C6)CC[C@]5(C)[C@H]4CC[C@]3(C)[C@H]1[C@@H]2C. The van der Waals surface area contributed by atoms with Gasteiger partial charge in [-0.3, -0.25) is 14.5 Å². The summed E-state index contributed by atoms with van der Waals surface area (Å²) < 4.78 is 18.8. The van der Waals surface area contributed by atoms with E-state index in [4.69, 9.17) is 14.2 Å². The Kier molecular flexibility index (Phi) is 7.29. The van der Waals surface area contributed by atoms with Crippen LogP contribution in [0.5, 0.6) is 0 Å². The summed E-state index contributed by atoms with van der Waals surface area (Å²) in [4.78, 5) is 27.6. The van der Waals surface area contributed by atoms with E-state index in [0.29, 0.717) is 52.7 Å². The molecule has 4 saturated carbocycles. The average molecular weight is 612 g/mol. The molecule has 2 N–H and O–H groups in total. The number of likely N-dealkylation sites (tertiary alicyclic amines) is 1. The molecule has 0 aromatic carbocycles. The first-order valence-corrected chi connectivity index (χ1v) is 18.2. The van der Waals surface area contributed by atoms with Gasteiger partial charge in [-0.25, -0.2) is 0 Å². The molecular weight excluding hydrogens is 554 g/mol. The fourth-order valence-electron chi connectivity index (χ4n) is 12.7. The summed E-state index contributed by atoms with van der Waals surface area (Å²) in [6.07, 6.45) is 12.4. The number of carbonyl (C=O) groups excluding carboxylic acids is 2. The van der Waals surface area contributed by atoms with E-state index in [0.717, 1.165) is 69.9 Å². The quantitative estimate of drug-likeness (QED) is 0.438. The molecule has 246 valence electrons. The molecule has 0 radical (unpaired) electrons. The van der Waals surface area contributed by atoms with Gasteiger partial charge in [0.05, 0.1) is 32.6 Å². The van der Waals surface area contributed by atoms with Crippen molar-refractivity contribution in [1.82, 2.24) is 15.5 Å². The van der Waals surface area contributed by atoms with Gasteiger partial charge in [-0.15, -0.1) is 0 Å². The summed E-state index contributed by atoms with van der Waals surface area (Å²) >= 11 is 0. The van der Waals surface area contributed by atoms with Crippen molar-refractivity contribution in [3.8, 4) is 0 Å². The molecule has 2 amide bonds. The first-order valence-electron chi connectivity index (χ1n) is 18.2. The summed E-state index contributed by atoms with van der Waals surface area (Å²) in [5.41, 5.74) is 1.05. The average Bonchev–Trinajstić information content (AvgIpc) is 3.38. The number of rotatable bonds is 5. The second-order valence-electron chi connectivity index (χ2n) is 17.6. The molecule has 0 aromatic rings. The molecule has 8 fully saturated rings. The van der Waals surface area contributed by atoms with Crippen molar-refractivity contribution < 1.29 is 23.8 Å². The minimum absolute atomic E-state index is 0.0698. The second kappa shape index (κ2) is 10.6. The monoisotopic (exact) mass is 611 g/mol. The van der Waals surface area contributed by atoms with Gasteiger partial charge in [-0.1, -0.05) is 27.7 Å². The van der Waals surface area contributed by atoms with Crippen molar-refractivity contribution in [2.45, 2.75) is 116 Å². The minimum Gasteiger partial charge on any atom is -0.380 e. The van der Waals surface area contributed by atoms with Crippen LogP contribution in [-0.2, 0) is 23.8 Å². The number of amides is 2. The van der Waals surface area contributed by atoms with E-state index in [1.165, 1.54) is 44.9 Å². The molecule has 4 aliphatic heterocycles. The molecule has 0 unspecified atom stereocenters. The lowest BCUT2D eigenvalue weighted by Crippen LogP contribution is -2.67. The Morgan fingerprint density at radius 3 is 2.41 bits per heavy atom. The van der Waals surface area contributed by atoms with Crippen molar-refractivity contribution >= 4 is 11.8 Å². The van der Waals surface area contributed by atoms with Gasteiger partial charge < -0.3 is 24.8 Å². The van der Waals surface area contributed by atoms with Crippen LogP contribution in [0.4, 0.5) is 0 Å². The smallest absolute Gasteiger partial charge is 0.230 e. The molecule has 44 heavy (non-hydrogen) atoms. The van der Waals surface area contributed by atoms with Crippen LogP contribution < -0.4 is 10.6 Å². The third kappa shape index (κ3) is 4.65. The van der Waals surface area contributed by atoms with Gasteiger partial charge in [-0.05, 0) is 104 Å². The van der Waals surface area contributed by atoms with Gasteiger partial charge in [0.25, 0.3) is 0 Å². The van der Waals surface area contributed by atoms with Gasteiger partial charge in [0.2, 0.25) is 11.8 Å². The normalized spacial score (nSPS) is 50.5. The van der Waals surface area contributed by atoms with Crippen LogP contribution in [-0.4, -0.2) is 74.2 Å². The molecule has 8 nitrogen and oxygen atoms in total. The number of hydrogen-bond donors (Lipinski definition) is 2. The van der Waals surface area contributed by atoms with E-state index in [1.807, 2.05) is 0 Å². The lowest BCUT2D eigenvalue weighted by molar-refractivity contribution is -0.273. The third-order valence-electron chi connectivity index (χ3n) is 15.1. The zero-order valence-electron chi connectivity index (χ0n) is 27.7. The first kappa shape index (κ1) is 30.1. The summed E-state index contributed by atoms with van der Waals surface area (Å²) in [5.74, 6) is 4.12. The van der Waals surface area contributed by atoms with Gasteiger partial charge in [0.15, 0.2) is 5.79 Å². The van der Waals surface area contributed by atoms with E-state index in [2.05, 4.69) is 43.2 Å². The Labute approximate surface area is 264 Å². The summed E-state index contributed by atoms with van der Waals surface area (Å²) in [5, 5.41) is 6.21. The van der Waals surface area contributed by atoms with E-state index in [1.54, 1.807) is 0 Å². The Morgan fingerprint density at radius 1 is 0.886 bits per heavy atom. The molecule has 2 spiro atoms. The van der Waals surface area contributed by atoms with Crippen LogP contribution in [0.2, 0.25) is 0 Å². The maximum atomic E-state index is 12.9. The molecule has 8 aliphatic rings. The maximum absolute atomic E-state index is 12.9. The van der Waals surface area contributed by atoms with Crippen molar-refractivity contribution in [2.75, 3.05) is 39.6 Å². The van der Waals surface area contributed by atoms with Crippen molar-refractivity contribution in [1.29, 1.82) is 0 Å². The number of hydrogen-bond acceptors (Lipinski definition) is 6. The van der Waals surface area contributed by atoms with Crippen molar-refractivity contribution in [2.24, 2.45) is 57.7 Å². The molecule has 8 rings (SSSR count). The van der Waals surface area contributed by atoms with Crippen LogP contribution in [0.25, 0.3) is 0 Å². The van der Waals surface area contributed by atoms with Crippen LogP contribution in [0, 0.1) is 57.7 Å². The predicted octanol–water partition coefficient (Wildman–Crippen LogP) is 4.71. The lowest BCUT2D eigenvalue weighted by atomic mass is 9.44. The van der Waals surface area contributed by atoms with Gasteiger partial charge in [0, 0.05) is 36.9 Å². The molecule has 4 aliphatic carbocycles. The first-order chi connectivity index (χ1) is 21.0. The fourth-order valence-corrected chi connectivity index (χ4v) is 12.7. The molecule has 4 heterocycles. The molecule has 0 bridgehead atoms. The van der Waals surface area contributed by atoms with Crippen LogP contribution in [0.15, 0.2) is 0 Å². The van der Waals surface area contributed by atoms with E-state index >= 15 is 0 Å². The zero-order valence-corrected chi connectivity index (χ0v) is 27.7. The molecule has 0 aromatic heterocycles. The van der Waals surface area contributed by atoms with Gasteiger partial charge in [0.1, 0.15) is 6.42 Å². The highest BCUT2D eigenvalue weighted by Gasteiger charge is 2.69. The molecular formula is C36H57N3O5.